The Kier molecular flexibility index (Phi) is 6.40. The number of likely N-dealkylation sites (N-methyl/N-ethyl adjacent to an activating group) is 1. The van der Waals surface area contributed by atoms with Crippen LogP contribution in [0.5, 0.6) is 0 Å². The number of likely N-dealkylation sites (tertiary alicyclic amines) is 1. The minimum atomic E-state index is -0.519. The van der Waals surface area contributed by atoms with E-state index in [0.717, 1.165) is 39.2 Å². The molecule has 1 fully saturated rings. The molecule has 0 saturated carbocycles. The average molecular weight is 455 g/mol. The fraction of sp³-hybridized carbons (Fsp3) is 0.348. The molecular formula is C23H26N4O4S. The molecule has 1 aliphatic heterocycles. The minimum Gasteiger partial charge on any atom is -0.392 e. The van der Waals surface area contributed by atoms with E-state index in [1.54, 1.807) is 30.1 Å². The molecular weight excluding hydrogens is 428 g/mol. The maximum atomic E-state index is 13.2. The molecule has 8 nitrogen and oxygen atoms in total. The number of aliphatic hydroxyl groups excluding tert-OH is 1. The standard InChI is InChI=1S/C23H26N4O4S/c1-26(21(29)10-14-5-6-20-18(9-14)25-23(31)32-20)19(13-27-8-7-17(28)12-27)15-3-2-4-16(11-15)22(24)30/h2-6,9,11,17,19,28H,7-8,10,12-13H2,1H3,(H2,24,30)(H,25,31)/t17-,19?/m0/s1. The van der Waals surface area contributed by atoms with E-state index in [0.29, 0.717) is 25.1 Å². The first kappa shape index (κ1) is 22.2. The Morgan fingerprint density at radius 1 is 1.31 bits per heavy atom. The first-order chi connectivity index (χ1) is 15.3. The van der Waals surface area contributed by atoms with Gasteiger partial charge in [-0.15, -0.1) is 0 Å². The molecule has 4 N–H and O–H groups in total. The van der Waals surface area contributed by atoms with Crippen LogP contribution in [0.2, 0.25) is 0 Å². The number of primary amides is 1. The van der Waals surface area contributed by atoms with Crippen molar-refractivity contribution in [1.82, 2.24) is 14.8 Å². The van der Waals surface area contributed by atoms with E-state index < -0.39 is 5.91 Å². The van der Waals surface area contributed by atoms with Crippen molar-refractivity contribution in [3.05, 3.63) is 68.8 Å². The van der Waals surface area contributed by atoms with Crippen LogP contribution in [0.3, 0.4) is 0 Å². The summed E-state index contributed by atoms with van der Waals surface area (Å²) in [7, 11) is 1.75. The lowest BCUT2D eigenvalue weighted by atomic mass is 10.0. The van der Waals surface area contributed by atoms with E-state index in [4.69, 9.17) is 5.73 Å². The van der Waals surface area contributed by atoms with Crippen LogP contribution >= 0.6 is 11.3 Å². The predicted octanol–water partition coefficient (Wildman–Crippen LogP) is 1.50. The van der Waals surface area contributed by atoms with Crippen LogP contribution in [0.4, 0.5) is 0 Å². The van der Waals surface area contributed by atoms with E-state index in [1.807, 2.05) is 24.3 Å². The highest BCUT2D eigenvalue weighted by Crippen LogP contribution is 2.25. The van der Waals surface area contributed by atoms with Gasteiger partial charge >= 0.3 is 4.87 Å². The van der Waals surface area contributed by atoms with E-state index in [2.05, 4.69) is 9.88 Å². The van der Waals surface area contributed by atoms with Crippen molar-refractivity contribution in [3.63, 3.8) is 0 Å². The number of rotatable bonds is 7. The highest BCUT2D eigenvalue weighted by Gasteiger charge is 2.28. The molecule has 2 heterocycles. The van der Waals surface area contributed by atoms with Gasteiger partial charge < -0.3 is 20.7 Å². The molecule has 0 radical (unpaired) electrons. The molecule has 0 aliphatic carbocycles. The summed E-state index contributed by atoms with van der Waals surface area (Å²) in [5.74, 6) is -0.606. The molecule has 168 valence electrons. The van der Waals surface area contributed by atoms with Crippen molar-refractivity contribution < 1.29 is 14.7 Å². The molecule has 32 heavy (non-hydrogen) atoms. The first-order valence-corrected chi connectivity index (χ1v) is 11.3. The van der Waals surface area contributed by atoms with Gasteiger partial charge in [0.25, 0.3) is 0 Å². The zero-order chi connectivity index (χ0) is 22.8. The zero-order valence-electron chi connectivity index (χ0n) is 17.8. The summed E-state index contributed by atoms with van der Waals surface area (Å²) in [4.78, 5) is 43.0. The van der Waals surface area contributed by atoms with Crippen molar-refractivity contribution in [3.8, 4) is 0 Å². The second-order valence-electron chi connectivity index (χ2n) is 8.23. The largest absolute Gasteiger partial charge is 0.392 e. The van der Waals surface area contributed by atoms with Crippen LogP contribution in [-0.4, -0.2) is 64.5 Å². The number of carbonyl (C=O) groups excluding carboxylic acids is 2. The lowest BCUT2D eigenvalue weighted by molar-refractivity contribution is -0.131. The summed E-state index contributed by atoms with van der Waals surface area (Å²) in [5, 5.41) is 9.92. The quantitative estimate of drug-likeness (QED) is 0.500. The van der Waals surface area contributed by atoms with Gasteiger partial charge in [0.05, 0.1) is 28.8 Å². The predicted molar refractivity (Wildman–Crippen MR) is 124 cm³/mol. The lowest BCUT2D eigenvalue weighted by Crippen LogP contribution is -2.39. The van der Waals surface area contributed by atoms with Gasteiger partial charge in [-0.25, -0.2) is 0 Å². The van der Waals surface area contributed by atoms with Crippen LogP contribution in [0.1, 0.15) is 33.9 Å². The number of carbonyl (C=O) groups is 2. The maximum absolute atomic E-state index is 13.2. The highest BCUT2D eigenvalue weighted by molar-refractivity contribution is 7.16. The van der Waals surface area contributed by atoms with Gasteiger partial charge in [-0.05, 0) is 41.8 Å². The number of aliphatic hydroxyl groups is 1. The Hall–Kier alpha value is -3.01. The maximum Gasteiger partial charge on any atom is 0.305 e. The third-order valence-corrected chi connectivity index (χ3v) is 6.80. The molecule has 9 heteroatoms. The van der Waals surface area contributed by atoms with Crippen molar-refractivity contribution in [2.45, 2.75) is 25.0 Å². The number of nitrogens with two attached hydrogens (primary N) is 1. The van der Waals surface area contributed by atoms with Crippen LogP contribution < -0.4 is 10.6 Å². The number of hydrogen-bond donors (Lipinski definition) is 3. The minimum absolute atomic E-state index is 0.0869. The molecule has 1 unspecified atom stereocenters. The molecule has 1 saturated heterocycles. The molecule has 2 atom stereocenters. The molecule has 2 aromatic carbocycles. The van der Waals surface area contributed by atoms with Crippen LogP contribution in [-0.2, 0) is 11.2 Å². The van der Waals surface area contributed by atoms with Crippen LogP contribution in [0.25, 0.3) is 10.2 Å². The second-order valence-corrected chi connectivity index (χ2v) is 9.25. The van der Waals surface area contributed by atoms with Crippen LogP contribution in [0, 0.1) is 0 Å². The number of H-pyrrole nitrogens is 1. The average Bonchev–Trinajstić information content (AvgIpc) is 3.35. The fourth-order valence-corrected chi connectivity index (χ4v) is 4.87. The smallest absolute Gasteiger partial charge is 0.305 e. The number of hydrogen-bond acceptors (Lipinski definition) is 6. The molecule has 0 spiro atoms. The van der Waals surface area contributed by atoms with Gasteiger partial charge in [-0.1, -0.05) is 29.5 Å². The van der Waals surface area contributed by atoms with E-state index in [1.165, 1.54) is 0 Å². The SMILES string of the molecule is CN(C(=O)Cc1ccc2sc(=O)[nH]c2c1)C(CN1CC[C@H](O)C1)c1cccc(C(N)=O)c1. The van der Waals surface area contributed by atoms with Crippen molar-refractivity contribution >= 4 is 33.4 Å². The van der Waals surface area contributed by atoms with E-state index in [9.17, 15) is 19.5 Å². The number of nitrogens with zero attached hydrogens (tertiary/aromatic N) is 2. The van der Waals surface area contributed by atoms with Gasteiger partial charge in [0.2, 0.25) is 11.8 Å². The summed E-state index contributed by atoms with van der Waals surface area (Å²) in [6, 6.07) is 12.3. The van der Waals surface area contributed by atoms with E-state index in [-0.39, 0.29) is 29.3 Å². The molecule has 1 aromatic heterocycles. The number of β-amino-alcohol motifs (C(OH)–C–C–N with tert-alkyl or cyclic N) is 1. The van der Waals surface area contributed by atoms with Crippen molar-refractivity contribution in [2.75, 3.05) is 26.7 Å². The molecule has 2 amide bonds. The lowest BCUT2D eigenvalue weighted by Gasteiger charge is -2.32. The first-order valence-electron chi connectivity index (χ1n) is 10.5. The second kappa shape index (κ2) is 9.23. The summed E-state index contributed by atoms with van der Waals surface area (Å²) < 4.78 is 0.855. The van der Waals surface area contributed by atoms with Gasteiger partial charge in [-0.2, -0.15) is 0 Å². The fourth-order valence-electron chi connectivity index (χ4n) is 4.16. The third kappa shape index (κ3) is 4.90. The Bertz CT molecular complexity index is 1200. The normalized spacial score (nSPS) is 17.5. The number of nitrogens with one attached hydrogen (secondary N) is 1. The summed E-state index contributed by atoms with van der Waals surface area (Å²) in [5.41, 5.74) is 8.21. The number of aromatic nitrogens is 1. The zero-order valence-corrected chi connectivity index (χ0v) is 18.6. The van der Waals surface area contributed by atoms with Gasteiger partial charge in [0.1, 0.15) is 0 Å². The summed E-state index contributed by atoms with van der Waals surface area (Å²) >= 11 is 1.14. The topological polar surface area (TPSA) is 120 Å². The summed E-state index contributed by atoms with van der Waals surface area (Å²) in [6.45, 7) is 1.84. The van der Waals surface area contributed by atoms with Gasteiger partial charge in [-0.3, -0.25) is 19.3 Å². The Balaban J connectivity index is 1.58. The van der Waals surface area contributed by atoms with Gasteiger partial charge in [0, 0.05) is 32.2 Å². The van der Waals surface area contributed by atoms with Crippen molar-refractivity contribution in [1.29, 1.82) is 0 Å². The third-order valence-electron chi connectivity index (χ3n) is 5.93. The Morgan fingerprint density at radius 2 is 2.12 bits per heavy atom. The molecule has 1 aliphatic rings. The number of fused-ring (bicyclic) bond motifs is 1. The highest BCUT2D eigenvalue weighted by atomic mass is 32.1. The van der Waals surface area contributed by atoms with Gasteiger partial charge in [0.15, 0.2) is 0 Å². The Labute approximate surface area is 189 Å². The monoisotopic (exact) mass is 454 g/mol. The number of aromatic amines is 1. The molecule has 4 rings (SSSR count). The molecule has 3 aromatic rings. The Morgan fingerprint density at radius 3 is 2.84 bits per heavy atom. The number of thiazole rings is 1. The number of benzene rings is 2. The van der Waals surface area contributed by atoms with Crippen molar-refractivity contribution in [2.24, 2.45) is 5.73 Å². The number of amides is 2. The van der Waals surface area contributed by atoms with Crippen LogP contribution in [0.15, 0.2) is 47.3 Å². The summed E-state index contributed by atoms with van der Waals surface area (Å²) in [6.07, 6.45) is 0.511. The van der Waals surface area contributed by atoms with E-state index >= 15 is 0 Å². The molecule has 0 bridgehead atoms.